The highest BCUT2D eigenvalue weighted by molar-refractivity contribution is 5.32. The molecule has 1 aromatic carbocycles. The summed E-state index contributed by atoms with van der Waals surface area (Å²) in [6.45, 7) is 6.31. The minimum absolute atomic E-state index is 0.682. The minimum Gasteiger partial charge on any atom is -0.339 e. The maximum absolute atomic E-state index is 4.74. The van der Waals surface area contributed by atoms with Crippen molar-refractivity contribution in [3.05, 3.63) is 47.3 Å². The predicted molar refractivity (Wildman–Crippen MR) is 89.0 cm³/mol. The van der Waals surface area contributed by atoms with Gasteiger partial charge in [0.15, 0.2) is 0 Å². The van der Waals surface area contributed by atoms with Gasteiger partial charge < -0.3 is 4.90 Å². The van der Waals surface area contributed by atoms with Crippen LogP contribution in [0, 0.1) is 5.92 Å². The zero-order chi connectivity index (χ0) is 15.4. The molecule has 2 aromatic rings. The number of hydrogen-bond acceptors (Lipinski definition) is 4. The molecule has 22 heavy (non-hydrogen) atoms. The highest BCUT2D eigenvalue weighted by atomic mass is 15.3. The van der Waals surface area contributed by atoms with Crippen molar-refractivity contribution in [1.82, 2.24) is 15.2 Å². The van der Waals surface area contributed by atoms with Gasteiger partial charge in [-0.05, 0) is 37.2 Å². The topological polar surface area (TPSA) is 41.9 Å². The van der Waals surface area contributed by atoms with Gasteiger partial charge in [0.05, 0.1) is 11.4 Å². The lowest BCUT2D eigenvalue weighted by atomic mass is 9.99. The van der Waals surface area contributed by atoms with E-state index in [-0.39, 0.29) is 0 Å². The fourth-order valence-electron chi connectivity index (χ4n) is 3.19. The second kappa shape index (κ2) is 6.86. The number of aryl methyl sites for hydroxylation is 2. The normalized spacial score (nSPS) is 17.9. The molecule has 1 fully saturated rings. The van der Waals surface area contributed by atoms with Crippen LogP contribution in [0.5, 0.6) is 0 Å². The summed E-state index contributed by atoms with van der Waals surface area (Å²) in [6.07, 6.45) is 4.17. The molecule has 0 spiro atoms. The molecule has 4 heteroatoms. The number of hydrogen-bond donors (Lipinski definition) is 0. The molecule has 0 radical (unpaired) electrons. The molecule has 1 unspecified atom stereocenters. The summed E-state index contributed by atoms with van der Waals surface area (Å²) in [6, 6.07) is 10.7. The molecule has 1 aliphatic rings. The first kappa shape index (κ1) is 14.9. The van der Waals surface area contributed by atoms with Crippen molar-refractivity contribution in [3.8, 4) is 0 Å². The van der Waals surface area contributed by atoms with E-state index < -0.39 is 0 Å². The Bertz CT molecular complexity index is 612. The first-order valence-electron chi connectivity index (χ1n) is 8.31. The highest BCUT2D eigenvalue weighted by Crippen LogP contribution is 2.24. The smallest absolute Gasteiger partial charge is 0.245 e. The first-order chi connectivity index (χ1) is 10.8. The number of benzene rings is 1. The largest absolute Gasteiger partial charge is 0.339 e. The molecule has 1 atom stereocenters. The maximum atomic E-state index is 4.74. The summed E-state index contributed by atoms with van der Waals surface area (Å²) in [5.74, 6) is 1.49. The van der Waals surface area contributed by atoms with Crippen LogP contribution < -0.4 is 4.90 Å². The highest BCUT2D eigenvalue weighted by Gasteiger charge is 2.25. The van der Waals surface area contributed by atoms with Gasteiger partial charge in [0.1, 0.15) is 0 Å². The van der Waals surface area contributed by atoms with Gasteiger partial charge in [0, 0.05) is 13.1 Å². The first-order valence-corrected chi connectivity index (χ1v) is 8.31. The average molecular weight is 296 g/mol. The lowest BCUT2D eigenvalue weighted by Gasteiger charge is -2.17. The van der Waals surface area contributed by atoms with Crippen molar-refractivity contribution in [3.63, 3.8) is 0 Å². The summed E-state index contributed by atoms with van der Waals surface area (Å²) < 4.78 is 0. The molecule has 1 aliphatic heterocycles. The van der Waals surface area contributed by atoms with Gasteiger partial charge in [0.2, 0.25) is 5.95 Å². The van der Waals surface area contributed by atoms with E-state index in [0.717, 1.165) is 49.7 Å². The SMILES string of the molecule is CCc1nnc(N2CCC(Cc3ccccc3)C2)nc1CC. The molecule has 2 heterocycles. The van der Waals surface area contributed by atoms with E-state index in [1.165, 1.54) is 12.0 Å². The number of rotatable bonds is 5. The van der Waals surface area contributed by atoms with Crippen LogP contribution in [0.25, 0.3) is 0 Å². The van der Waals surface area contributed by atoms with Crippen molar-refractivity contribution in [2.75, 3.05) is 18.0 Å². The Morgan fingerprint density at radius 2 is 1.82 bits per heavy atom. The Labute approximate surface area is 132 Å². The summed E-state index contributed by atoms with van der Waals surface area (Å²) in [5.41, 5.74) is 3.55. The van der Waals surface area contributed by atoms with Crippen LogP contribution in [0.3, 0.4) is 0 Å². The Balaban J connectivity index is 1.67. The Kier molecular flexibility index (Phi) is 4.66. The van der Waals surface area contributed by atoms with E-state index in [0.29, 0.717) is 5.92 Å². The van der Waals surface area contributed by atoms with Crippen LogP contribution in [0.2, 0.25) is 0 Å². The second-order valence-electron chi connectivity index (χ2n) is 6.00. The summed E-state index contributed by atoms with van der Waals surface area (Å²) in [5, 5.41) is 8.71. The van der Waals surface area contributed by atoms with Crippen LogP contribution in [0.4, 0.5) is 5.95 Å². The molecule has 0 amide bonds. The van der Waals surface area contributed by atoms with Crippen molar-refractivity contribution in [2.45, 2.75) is 39.5 Å². The monoisotopic (exact) mass is 296 g/mol. The van der Waals surface area contributed by atoms with Gasteiger partial charge in [-0.25, -0.2) is 4.98 Å². The minimum atomic E-state index is 0.682. The van der Waals surface area contributed by atoms with E-state index in [2.05, 4.69) is 59.3 Å². The van der Waals surface area contributed by atoms with E-state index >= 15 is 0 Å². The zero-order valence-corrected chi connectivity index (χ0v) is 13.5. The van der Waals surface area contributed by atoms with Gasteiger partial charge in [-0.15, -0.1) is 5.10 Å². The fraction of sp³-hybridized carbons (Fsp3) is 0.500. The van der Waals surface area contributed by atoms with Crippen LogP contribution in [0.1, 0.15) is 37.2 Å². The predicted octanol–water partition coefficient (Wildman–Crippen LogP) is 3.07. The third kappa shape index (κ3) is 3.26. The molecule has 1 saturated heterocycles. The Morgan fingerprint density at radius 1 is 1.05 bits per heavy atom. The number of nitrogens with zero attached hydrogens (tertiary/aromatic N) is 4. The van der Waals surface area contributed by atoms with Crippen LogP contribution in [-0.4, -0.2) is 28.3 Å². The van der Waals surface area contributed by atoms with E-state index in [9.17, 15) is 0 Å². The molecular formula is C18H24N4. The van der Waals surface area contributed by atoms with Crippen LogP contribution >= 0.6 is 0 Å². The van der Waals surface area contributed by atoms with Crippen LogP contribution in [-0.2, 0) is 19.3 Å². The molecule has 4 nitrogen and oxygen atoms in total. The van der Waals surface area contributed by atoms with E-state index in [1.807, 2.05) is 0 Å². The van der Waals surface area contributed by atoms with E-state index in [1.54, 1.807) is 0 Å². The van der Waals surface area contributed by atoms with Gasteiger partial charge in [-0.3, -0.25) is 0 Å². The molecule has 116 valence electrons. The maximum Gasteiger partial charge on any atom is 0.245 e. The molecular weight excluding hydrogens is 272 g/mol. The van der Waals surface area contributed by atoms with Crippen LogP contribution in [0.15, 0.2) is 30.3 Å². The Morgan fingerprint density at radius 3 is 2.55 bits per heavy atom. The number of anilines is 1. The van der Waals surface area contributed by atoms with Crippen molar-refractivity contribution < 1.29 is 0 Å². The molecule has 0 bridgehead atoms. The molecule has 3 rings (SSSR count). The van der Waals surface area contributed by atoms with Gasteiger partial charge >= 0.3 is 0 Å². The van der Waals surface area contributed by atoms with E-state index in [4.69, 9.17) is 4.98 Å². The molecule has 0 aliphatic carbocycles. The van der Waals surface area contributed by atoms with Crippen molar-refractivity contribution in [2.24, 2.45) is 5.92 Å². The summed E-state index contributed by atoms with van der Waals surface area (Å²) in [7, 11) is 0. The Hall–Kier alpha value is -1.97. The third-order valence-electron chi connectivity index (χ3n) is 4.43. The van der Waals surface area contributed by atoms with Gasteiger partial charge in [-0.1, -0.05) is 44.2 Å². The lowest BCUT2D eigenvalue weighted by molar-refractivity contribution is 0.585. The third-order valence-corrected chi connectivity index (χ3v) is 4.43. The number of aromatic nitrogens is 3. The van der Waals surface area contributed by atoms with Crippen molar-refractivity contribution >= 4 is 5.95 Å². The second-order valence-corrected chi connectivity index (χ2v) is 6.00. The van der Waals surface area contributed by atoms with Gasteiger partial charge in [0.25, 0.3) is 0 Å². The average Bonchev–Trinajstić information content (AvgIpc) is 3.03. The molecule has 1 aromatic heterocycles. The molecule has 0 N–H and O–H groups in total. The van der Waals surface area contributed by atoms with Gasteiger partial charge in [-0.2, -0.15) is 5.10 Å². The standard InChI is InChI=1S/C18H24N4/c1-3-16-17(4-2)20-21-18(19-16)22-11-10-15(13-22)12-14-8-6-5-7-9-14/h5-9,15H,3-4,10-13H2,1-2H3. The summed E-state index contributed by atoms with van der Waals surface area (Å²) >= 11 is 0. The lowest BCUT2D eigenvalue weighted by Crippen LogP contribution is -2.24. The molecule has 0 saturated carbocycles. The zero-order valence-electron chi connectivity index (χ0n) is 13.5. The fourth-order valence-corrected chi connectivity index (χ4v) is 3.19. The summed E-state index contributed by atoms with van der Waals surface area (Å²) in [4.78, 5) is 7.03. The van der Waals surface area contributed by atoms with Crippen molar-refractivity contribution in [1.29, 1.82) is 0 Å². The quantitative estimate of drug-likeness (QED) is 0.850.